The van der Waals surface area contributed by atoms with Crippen molar-refractivity contribution in [2.24, 2.45) is 0 Å². The molecule has 0 aliphatic carbocycles. The molecule has 0 radical (unpaired) electrons. The number of amides is 3. The zero-order valence-electron chi connectivity index (χ0n) is 14.6. The second-order valence-electron chi connectivity index (χ2n) is 5.49. The van der Waals surface area contributed by atoms with E-state index in [-0.39, 0.29) is 30.2 Å². The Kier molecular flexibility index (Phi) is 6.00. The zero-order chi connectivity index (χ0) is 19.3. The first kappa shape index (κ1) is 19.0. The minimum absolute atomic E-state index is 0.00367. The molecular formula is C18H20N2O6. The van der Waals surface area contributed by atoms with E-state index in [1.54, 1.807) is 18.2 Å². The minimum atomic E-state index is -0.609. The number of nitrogens with one attached hydrogen (secondary N) is 1. The summed E-state index contributed by atoms with van der Waals surface area (Å²) < 4.78 is 9.64. The molecule has 0 saturated carbocycles. The molecule has 1 aromatic carbocycles. The van der Waals surface area contributed by atoms with Crippen molar-refractivity contribution in [1.82, 2.24) is 10.2 Å². The lowest BCUT2D eigenvalue weighted by Crippen LogP contribution is -2.33. The van der Waals surface area contributed by atoms with Crippen molar-refractivity contribution in [2.75, 3.05) is 20.8 Å². The highest BCUT2D eigenvalue weighted by molar-refractivity contribution is 6.14. The normalized spacial score (nSPS) is 15.2. The Morgan fingerprint density at radius 2 is 2.08 bits per heavy atom. The van der Waals surface area contributed by atoms with Gasteiger partial charge in [-0.05, 0) is 30.2 Å². The van der Waals surface area contributed by atoms with Crippen molar-refractivity contribution in [1.29, 1.82) is 0 Å². The number of phenolic OH excluding ortho intramolecular Hbond substituents is 1. The van der Waals surface area contributed by atoms with Crippen LogP contribution < -0.4 is 10.1 Å². The Bertz CT molecular complexity index is 784. The van der Waals surface area contributed by atoms with E-state index in [0.717, 1.165) is 4.90 Å². The van der Waals surface area contributed by atoms with Crippen molar-refractivity contribution in [3.05, 3.63) is 41.6 Å². The van der Waals surface area contributed by atoms with Crippen LogP contribution in [0.15, 0.2) is 30.5 Å². The van der Waals surface area contributed by atoms with Gasteiger partial charge in [0.25, 0.3) is 5.91 Å². The molecule has 0 spiro atoms. The van der Waals surface area contributed by atoms with Gasteiger partial charge in [0.1, 0.15) is 5.70 Å². The summed E-state index contributed by atoms with van der Waals surface area (Å²) in [4.78, 5) is 36.5. The molecule has 8 heteroatoms. The maximum absolute atomic E-state index is 12.4. The number of hydrogen-bond acceptors (Lipinski definition) is 6. The fraction of sp³-hybridized carbons (Fsp3) is 0.278. The van der Waals surface area contributed by atoms with Crippen molar-refractivity contribution in [3.8, 4) is 11.5 Å². The molecule has 8 nitrogen and oxygen atoms in total. The first-order valence-electron chi connectivity index (χ1n) is 7.83. The summed E-state index contributed by atoms with van der Waals surface area (Å²) in [5.74, 6) is -0.817. The van der Waals surface area contributed by atoms with Crippen LogP contribution in [-0.2, 0) is 20.7 Å². The fourth-order valence-electron chi connectivity index (χ4n) is 2.49. The van der Waals surface area contributed by atoms with Gasteiger partial charge in [-0.1, -0.05) is 6.08 Å². The Labute approximate surface area is 150 Å². The van der Waals surface area contributed by atoms with Gasteiger partial charge in [-0.15, -0.1) is 6.58 Å². The van der Waals surface area contributed by atoms with Crippen molar-refractivity contribution in [2.45, 2.75) is 12.8 Å². The van der Waals surface area contributed by atoms with Crippen molar-refractivity contribution in [3.63, 3.8) is 0 Å². The highest BCUT2D eigenvalue weighted by Gasteiger charge is 2.33. The molecule has 138 valence electrons. The minimum Gasteiger partial charge on any atom is -0.504 e. The number of rotatable bonds is 7. The molecule has 1 aliphatic heterocycles. The third-order valence-electron chi connectivity index (χ3n) is 3.80. The summed E-state index contributed by atoms with van der Waals surface area (Å²) in [7, 11) is 2.65. The van der Waals surface area contributed by atoms with E-state index in [0.29, 0.717) is 17.5 Å². The molecule has 1 aromatic rings. The standard InChI is InChI=1S/C18H20N2O6/c1-4-5-12-8-11(10-14(25-2)16(12)22)9-13-17(23)20(18(24)19-13)7-6-15(21)26-3/h4,8-10,22H,1,5-7H2,2-3H3,(H,19,24). The Balaban J connectivity index is 2.28. The first-order valence-corrected chi connectivity index (χ1v) is 7.83. The zero-order valence-corrected chi connectivity index (χ0v) is 14.6. The second kappa shape index (κ2) is 8.19. The number of imide groups is 1. The molecule has 1 saturated heterocycles. The van der Waals surface area contributed by atoms with Crippen LogP contribution in [0.3, 0.4) is 0 Å². The van der Waals surface area contributed by atoms with Gasteiger partial charge in [0, 0.05) is 12.1 Å². The van der Waals surface area contributed by atoms with Gasteiger partial charge in [0.15, 0.2) is 11.5 Å². The Morgan fingerprint density at radius 3 is 2.69 bits per heavy atom. The van der Waals surface area contributed by atoms with Crippen LogP contribution in [0.25, 0.3) is 6.08 Å². The summed E-state index contributed by atoms with van der Waals surface area (Å²) in [6.07, 6.45) is 3.43. The van der Waals surface area contributed by atoms with E-state index < -0.39 is 17.9 Å². The molecule has 1 heterocycles. The van der Waals surface area contributed by atoms with Gasteiger partial charge in [-0.3, -0.25) is 14.5 Å². The second-order valence-corrected chi connectivity index (χ2v) is 5.49. The van der Waals surface area contributed by atoms with Crippen LogP contribution in [0.1, 0.15) is 17.5 Å². The van der Waals surface area contributed by atoms with E-state index in [1.807, 2.05) is 0 Å². The maximum Gasteiger partial charge on any atom is 0.329 e. The maximum atomic E-state index is 12.4. The van der Waals surface area contributed by atoms with E-state index in [9.17, 15) is 19.5 Å². The highest BCUT2D eigenvalue weighted by Crippen LogP contribution is 2.33. The van der Waals surface area contributed by atoms with Gasteiger partial charge < -0.3 is 19.9 Å². The summed E-state index contributed by atoms with van der Waals surface area (Å²) >= 11 is 0. The van der Waals surface area contributed by atoms with Crippen LogP contribution in [0.5, 0.6) is 11.5 Å². The molecule has 3 amide bonds. The smallest absolute Gasteiger partial charge is 0.329 e. The van der Waals surface area contributed by atoms with Crippen LogP contribution in [0.2, 0.25) is 0 Å². The van der Waals surface area contributed by atoms with Gasteiger partial charge in [-0.25, -0.2) is 4.79 Å². The van der Waals surface area contributed by atoms with Gasteiger partial charge in [0.2, 0.25) is 0 Å². The molecular weight excluding hydrogens is 340 g/mol. The van der Waals surface area contributed by atoms with E-state index in [4.69, 9.17) is 4.74 Å². The molecule has 0 bridgehead atoms. The number of carbonyl (C=O) groups excluding carboxylic acids is 3. The van der Waals surface area contributed by atoms with Crippen LogP contribution in [0, 0.1) is 0 Å². The fourth-order valence-corrected chi connectivity index (χ4v) is 2.49. The lowest BCUT2D eigenvalue weighted by Gasteiger charge is -2.10. The number of nitrogens with zero attached hydrogens (tertiary/aromatic N) is 1. The summed E-state index contributed by atoms with van der Waals surface area (Å²) in [5.41, 5.74) is 1.21. The topological polar surface area (TPSA) is 105 Å². The number of benzene rings is 1. The molecule has 0 aromatic heterocycles. The molecule has 1 fully saturated rings. The lowest BCUT2D eigenvalue weighted by atomic mass is 10.0. The van der Waals surface area contributed by atoms with Crippen molar-refractivity contribution >= 4 is 24.0 Å². The number of aromatic hydroxyl groups is 1. The molecule has 26 heavy (non-hydrogen) atoms. The number of allylic oxidation sites excluding steroid dienone is 1. The van der Waals surface area contributed by atoms with Crippen LogP contribution in [0.4, 0.5) is 4.79 Å². The highest BCUT2D eigenvalue weighted by atomic mass is 16.5. The van der Waals surface area contributed by atoms with E-state index >= 15 is 0 Å². The molecule has 2 N–H and O–H groups in total. The predicted molar refractivity (Wildman–Crippen MR) is 93.4 cm³/mol. The number of phenols is 1. The lowest BCUT2D eigenvalue weighted by molar-refractivity contribution is -0.141. The summed E-state index contributed by atoms with van der Waals surface area (Å²) in [5, 5.41) is 12.6. The largest absolute Gasteiger partial charge is 0.504 e. The number of ether oxygens (including phenoxy) is 2. The number of carbonyl (C=O) groups is 3. The van der Waals surface area contributed by atoms with E-state index in [2.05, 4.69) is 16.6 Å². The van der Waals surface area contributed by atoms with Gasteiger partial charge in [0.05, 0.1) is 20.6 Å². The van der Waals surface area contributed by atoms with E-state index in [1.165, 1.54) is 20.3 Å². The number of esters is 1. The first-order chi connectivity index (χ1) is 12.4. The average molecular weight is 360 g/mol. The number of hydrogen-bond donors (Lipinski definition) is 2. The summed E-state index contributed by atoms with van der Waals surface area (Å²) in [6, 6.07) is 2.61. The number of methoxy groups -OCH3 is 2. The third kappa shape index (κ3) is 4.02. The Hall–Kier alpha value is -3.29. The molecule has 0 atom stereocenters. The van der Waals surface area contributed by atoms with Gasteiger partial charge in [-0.2, -0.15) is 0 Å². The molecule has 2 rings (SSSR count). The molecule has 0 unspecified atom stereocenters. The quantitative estimate of drug-likeness (QED) is 0.331. The monoisotopic (exact) mass is 360 g/mol. The van der Waals surface area contributed by atoms with Crippen LogP contribution >= 0.6 is 0 Å². The average Bonchev–Trinajstić information content (AvgIpc) is 2.88. The van der Waals surface area contributed by atoms with Crippen molar-refractivity contribution < 1.29 is 29.0 Å². The summed E-state index contributed by atoms with van der Waals surface area (Å²) in [6.45, 7) is 3.56. The number of urea groups is 1. The SMILES string of the molecule is C=CCc1cc(C=C2NC(=O)N(CCC(=O)OC)C2=O)cc(OC)c1O. The van der Waals surface area contributed by atoms with Crippen LogP contribution in [-0.4, -0.2) is 48.7 Å². The third-order valence-corrected chi connectivity index (χ3v) is 3.80. The predicted octanol–water partition coefficient (Wildman–Crippen LogP) is 1.59. The van der Waals surface area contributed by atoms with Gasteiger partial charge >= 0.3 is 12.0 Å². The molecule has 1 aliphatic rings. The Morgan fingerprint density at radius 1 is 1.35 bits per heavy atom.